The highest BCUT2D eigenvalue weighted by Gasteiger charge is 2.51. The third-order valence-electron chi connectivity index (χ3n) is 4.67. The molecule has 112 valence electrons. The van der Waals surface area contributed by atoms with Gasteiger partial charge in [-0.25, -0.2) is 0 Å². The van der Waals surface area contributed by atoms with Crippen LogP contribution in [0.5, 0.6) is 0 Å². The molecule has 0 spiro atoms. The Hall–Kier alpha value is -2.04. The van der Waals surface area contributed by atoms with E-state index in [1.165, 1.54) is 6.08 Å². The van der Waals surface area contributed by atoms with Crippen molar-refractivity contribution in [2.75, 3.05) is 0 Å². The third-order valence-corrected chi connectivity index (χ3v) is 4.67. The Balaban J connectivity index is 1.64. The van der Waals surface area contributed by atoms with Crippen LogP contribution in [0.3, 0.4) is 0 Å². The van der Waals surface area contributed by atoms with Crippen LogP contribution in [-0.4, -0.2) is 23.0 Å². The normalized spacial score (nSPS) is 30.9. The molecule has 21 heavy (non-hydrogen) atoms. The second-order valence-corrected chi connectivity index (χ2v) is 6.01. The van der Waals surface area contributed by atoms with Crippen molar-refractivity contribution < 1.29 is 19.1 Å². The van der Waals surface area contributed by atoms with E-state index in [1.807, 2.05) is 13.0 Å². The van der Waals surface area contributed by atoms with E-state index in [-0.39, 0.29) is 17.9 Å². The molecule has 5 heteroatoms. The minimum Gasteiger partial charge on any atom is -0.481 e. The predicted molar refractivity (Wildman–Crippen MR) is 76.4 cm³/mol. The Bertz CT molecular complexity index is 589. The van der Waals surface area contributed by atoms with Gasteiger partial charge in [0, 0.05) is 12.1 Å². The fourth-order valence-corrected chi connectivity index (χ4v) is 3.77. The van der Waals surface area contributed by atoms with Gasteiger partial charge in [0.2, 0.25) is 5.91 Å². The Morgan fingerprint density at radius 2 is 2.10 bits per heavy atom. The highest BCUT2D eigenvalue weighted by atomic mass is 16.4. The molecule has 2 N–H and O–H groups in total. The van der Waals surface area contributed by atoms with Gasteiger partial charge < -0.3 is 14.8 Å². The summed E-state index contributed by atoms with van der Waals surface area (Å²) in [6, 6.07) is 3.38. The molecule has 2 aliphatic rings. The molecular weight excluding hydrogens is 270 g/mol. The van der Waals surface area contributed by atoms with Crippen LogP contribution >= 0.6 is 0 Å². The molecule has 5 nitrogen and oxygen atoms in total. The minimum atomic E-state index is -0.793. The van der Waals surface area contributed by atoms with Gasteiger partial charge >= 0.3 is 5.97 Å². The number of carboxylic acids is 1. The highest BCUT2D eigenvalue weighted by molar-refractivity contribution is 5.92. The quantitative estimate of drug-likeness (QED) is 0.833. The zero-order valence-corrected chi connectivity index (χ0v) is 11.9. The maximum Gasteiger partial charge on any atom is 0.308 e. The van der Waals surface area contributed by atoms with Gasteiger partial charge in [-0.2, -0.15) is 0 Å². The number of rotatable bonds is 4. The molecule has 2 fully saturated rings. The Morgan fingerprint density at radius 1 is 1.33 bits per heavy atom. The summed E-state index contributed by atoms with van der Waals surface area (Å²) in [6.07, 6.45) is 5.91. The van der Waals surface area contributed by atoms with Crippen LogP contribution in [-0.2, 0) is 9.59 Å². The van der Waals surface area contributed by atoms with Gasteiger partial charge in [0.05, 0.1) is 5.92 Å². The number of carboxylic acid groups (broad SMARTS) is 1. The summed E-state index contributed by atoms with van der Waals surface area (Å²) in [6.45, 7) is 1.84. The van der Waals surface area contributed by atoms with Crippen molar-refractivity contribution in [3.63, 3.8) is 0 Å². The van der Waals surface area contributed by atoms with E-state index >= 15 is 0 Å². The van der Waals surface area contributed by atoms with E-state index < -0.39 is 11.9 Å². The number of nitrogens with one attached hydrogen (secondary N) is 1. The first-order chi connectivity index (χ1) is 10.0. The molecule has 0 saturated heterocycles. The van der Waals surface area contributed by atoms with Crippen LogP contribution in [0, 0.1) is 24.7 Å². The zero-order valence-electron chi connectivity index (χ0n) is 11.9. The zero-order chi connectivity index (χ0) is 15.0. The van der Waals surface area contributed by atoms with Gasteiger partial charge in [-0.3, -0.25) is 9.59 Å². The van der Waals surface area contributed by atoms with Gasteiger partial charge in [0.15, 0.2) is 0 Å². The van der Waals surface area contributed by atoms with Gasteiger partial charge in [0.1, 0.15) is 11.5 Å². The fraction of sp³-hybridized carbons (Fsp3) is 0.500. The number of hydrogen-bond donors (Lipinski definition) is 2. The lowest BCUT2D eigenvalue weighted by Gasteiger charge is -2.28. The van der Waals surface area contributed by atoms with Crippen molar-refractivity contribution >= 4 is 18.0 Å². The van der Waals surface area contributed by atoms with Gasteiger partial charge in [-0.1, -0.05) is 0 Å². The summed E-state index contributed by atoms with van der Waals surface area (Å²) in [7, 11) is 0. The highest BCUT2D eigenvalue weighted by Crippen LogP contribution is 2.48. The molecule has 0 aromatic carbocycles. The average Bonchev–Trinajstić information content (AvgIpc) is 3.11. The smallest absolute Gasteiger partial charge is 0.308 e. The first-order valence-corrected chi connectivity index (χ1v) is 7.32. The maximum atomic E-state index is 12.0. The molecule has 0 radical (unpaired) electrons. The Kier molecular flexibility index (Phi) is 3.57. The summed E-state index contributed by atoms with van der Waals surface area (Å²) in [4.78, 5) is 23.4. The van der Waals surface area contributed by atoms with Crippen molar-refractivity contribution in [1.82, 2.24) is 5.32 Å². The molecule has 0 aliphatic heterocycles. The first kappa shape index (κ1) is 13.9. The largest absolute Gasteiger partial charge is 0.481 e. The molecule has 4 unspecified atom stereocenters. The molecule has 4 atom stereocenters. The minimum absolute atomic E-state index is 0.217. The number of aliphatic carboxylic acids is 1. The van der Waals surface area contributed by atoms with E-state index in [0.717, 1.165) is 25.0 Å². The number of furan rings is 1. The predicted octanol–water partition coefficient (Wildman–Crippen LogP) is 2.22. The summed E-state index contributed by atoms with van der Waals surface area (Å²) < 4.78 is 5.35. The van der Waals surface area contributed by atoms with E-state index in [9.17, 15) is 14.7 Å². The number of aryl methyl sites for hydroxylation is 1. The maximum absolute atomic E-state index is 12.0. The number of hydrogen-bond acceptors (Lipinski definition) is 3. The molecule has 1 aromatic rings. The van der Waals surface area contributed by atoms with Crippen LogP contribution in [0.2, 0.25) is 0 Å². The first-order valence-electron chi connectivity index (χ1n) is 7.32. The van der Waals surface area contributed by atoms with Crippen LogP contribution in [0.4, 0.5) is 0 Å². The summed E-state index contributed by atoms with van der Waals surface area (Å²) in [5.41, 5.74) is 0. The lowest BCUT2D eigenvalue weighted by molar-refractivity contribution is -0.144. The van der Waals surface area contributed by atoms with E-state index in [4.69, 9.17) is 4.42 Å². The van der Waals surface area contributed by atoms with E-state index in [2.05, 4.69) is 5.32 Å². The van der Waals surface area contributed by atoms with Crippen molar-refractivity contribution in [2.24, 2.45) is 17.8 Å². The van der Waals surface area contributed by atoms with Gasteiger partial charge in [-0.05, 0) is 56.2 Å². The SMILES string of the molecule is Cc1ccc(C=CC(=O)NC2C3CCC(C3)C2C(=O)O)o1. The standard InChI is InChI=1S/C16H19NO4/c1-9-2-5-12(21-9)6-7-13(18)17-15-11-4-3-10(8-11)14(15)16(19)20/h2,5-7,10-11,14-15H,3-4,8H2,1H3,(H,17,18)(H,19,20). The van der Waals surface area contributed by atoms with Crippen molar-refractivity contribution in [3.8, 4) is 0 Å². The van der Waals surface area contributed by atoms with Gasteiger partial charge in [0.25, 0.3) is 0 Å². The van der Waals surface area contributed by atoms with Crippen LogP contribution in [0.1, 0.15) is 30.8 Å². The second kappa shape index (κ2) is 5.39. The lowest BCUT2D eigenvalue weighted by atomic mass is 9.84. The Labute approximate surface area is 123 Å². The summed E-state index contributed by atoms with van der Waals surface area (Å²) in [5.74, 6) is 0.436. The molecule has 1 amide bonds. The fourth-order valence-electron chi connectivity index (χ4n) is 3.77. The summed E-state index contributed by atoms with van der Waals surface area (Å²) >= 11 is 0. The van der Waals surface area contributed by atoms with Crippen LogP contribution in [0.15, 0.2) is 22.6 Å². The number of carbonyl (C=O) groups is 2. The third kappa shape index (κ3) is 2.73. The lowest BCUT2D eigenvalue weighted by Crippen LogP contribution is -2.46. The number of fused-ring (bicyclic) bond motifs is 2. The van der Waals surface area contributed by atoms with Gasteiger partial charge in [-0.15, -0.1) is 0 Å². The molecule has 1 heterocycles. The van der Waals surface area contributed by atoms with Crippen LogP contribution in [0.25, 0.3) is 6.08 Å². The van der Waals surface area contributed by atoms with E-state index in [1.54, 1.807) is 12.1 Å². The molecular formula is C16H19NO4. The molecule has 3 rings (SSSR count). The van der Waals surface area contributed by atoms with Crippen molar-refractivity contribution in [2.45, 2.75) is 32.2 Å². The second-order valence-electron chi connectivity index (χ2n) is 6.01. The van der Waals surface area contributed by atoms with Crippen molar-refractivity contribution in [3.05, 3.63) is 29.7 Å². The Morgan fingerprint density at radius 3 is 2.76 bits per heavy atom. The molecule has 1 aromatic heterocycles. The molecule has 2 aliphatic carbocycles. The number of carbonyl (C=O) groups excluding carboxylic acids is 1. The average molecular weight is 289 g/mol. The topological polar surface area (TPSA) is 79.5 Å². The monoisotopic (exact) mass is 289 g/mol. The summed E-state index contributed by atoms with van der Waals surface area (Å²) in [5, 5.41) is 12.2. The molecule has 2 bridgehead atoms. The van der Waals surface area contributed by atoms with Crippen molar-refractivity contribution in [1.29, 1.82) is 0 Å². The van der Waals surface area contributed by atoms with E-state index in [0.29, 0.717) is 11.7 Å². The van der Waals surface area contributed by atoms with Crippen LogP contribution < -0.4 is 5.32 Å². The number of amides is 1. The molecule has 2 saturated carbocycles.